The second-order valence-electron chi connectivity index (χ2n) is 5.31. The van der Waals surface area contributed by atoms with Crippen molar-refractivity contribution in [3.8, 4) is 0 Å². The average Bonchev–Trinajstić information content (AvgIpc) is 2.86. The Hall–Kier alpha value is -1.59. The Morgan fingerprint density at radius 3 is 2.75 bits per heavy atom. The van der Waals surface area contributed by atoms with Crippen LogP contribution in [0.2, 0.25) is 0 Å². The minimum absolute atomic E-state index is 0.470. The molecule has 1 aromatic heterocycles. The van der Waals surface area contributed by atoms with E-state index in [2.05, 4.69) is 52.0 Å². The van der Waals surface area contributed by atoms with E-state index in [1.54, 1.807) is 17.5 Å². The molecule has 1 unspecified atom stereocenters. The Balaban J connectivity index is 1.62. The third-order valence-electron chi connectivity index (χ3n) is 3.72. The maximum absolute atomic E-state index is 5.78. The molecule has 5 heteroatoms. The number of rotatable bonds is 3. The summed E-state index contributed by atoms with van der Waals surface area (Å²) in [5.74, 6) is 0. The predicted molar refractivity (Wildman–Crippen MR) is 85.1 cm³/mol. The maximum atomic E-state index is 5.78. The van der Waals surface area contributed by atoms with Crippen LogP contribution < -0.4 is 10.6 Å². The first-order chi connectivity index (χ1) is 9.72. The van der Waals surface area contributed by atoms with Gasteiger partial charge in [0.25, 0.3) is 0 Å². The van der Waals surface area contributed by atoms with Crippen LogP contribution in [0.5, 0.6) is 0 Å². The van der Waals surface area contributed by atoms with Crippen molar-refractivity contribution in [2.45, 2.75) is 19.5 Å². The lowest BCUT2D eigenvalue weighted by Gasteiger charge is -2.39. The molecular formula is C15H20N4S. The van der Waals surface area contributed by atoms with Gasteiger partial charge in [-0.2, -0.15) is 0 Å². The maximum Gasteiger partial charge on any atom is 0.187 e. The third-order valence-corrected chi connectivity index (χ3v) is 4.58. The molecule has 0 amide bonds. The van der Waals surface area contributed by atoms with Crippen molar-refractivity contribution >= 4 is 21.5 Å². The predicted octanol–water partition coefficient (Wildman–Crippen LogP) is 2.44. The summed E-state index contributed by atoms with van der Waals surface area (Å²) in [7, 11) is 0. The molecule has 0 saturated carbocycles. The smallest absolute Gasteiger partial charge is 0.187 e. The molecule has 1 aliphatic rings. The van der Waals surface area contributed by atoms with Gasteiger partial charge in [-0.1, -0.05) is 41.7 Å². The standard InChI is InChI=1S/C15H20N4S/c1-12-10-18(11-13-5-3-2-4-6-13)7-8-19(12)15-17-9-14(16)20-15/h2-6,9,12H,7-8,10-11,16H2,1H3. The quantitative estimate of drug-likeness (QED) is 0.942. The number of hydrogen-bond acceptors (Lipinski definition) is 5. The first kappa shape index (κ1) is 13.4. The van der Waals surface area contributed by atoms with Gasteiger partial charge >= 0.3 is 0 Å². The molecule has 0 radical (unpaired) electrons. The first-order valence-electron chi connectivity index (χ1n) is 6.96. The summed E-state index contributed by atoms with van der Waals surface area (Å²) in [6, 6.07) is 11.1. The van der Waals surface area contributed by atoms with E-state index in [-0.39, 0.29) is 0 Å². The van der Waals surface area contributed by atoms with Crippen molar-refractivity contribution in [3.63, 3.8) is 0 Å². The molecule has 2 heterocycles. The molecular weight excluding hydrogens is 268 g/mol. The SMILES string of the molecule is CC1CN(Cc2ccccc2)CCN1c1ncc(N)s1. The van der Waals surface area contributed by atoms with Crippen LogP contribution in [0.3, 0.4) is 0 Å². The molecule has 1 aromatic carbocycles. The minimum atomic E-state index is 0.470. The van der Waals surface area contributed by atoms with Gasteiger partial charge in [0.15, 0.2) is 5.13 Å². The van der Waals surface area contributed by atoms with Crippen molar-refractivity contribution in [2.24, 2.45) is 0 Å². The van der Waals surface area contributed by atoms with Crippen LogP contribution in [-0.2, 0) is 6.54 Å². The molecule has 20 heavy (non-hydrogen) atoms. The van der Waals surface area contributed by atoms with E-state index in [0.29, 0.717) is 6.04 Å². The molecule has 0 spiro atoms. The Morgan fingerprint density at radius 2 is 2.10 bits per heavy atom. The van der Waals surface area contributed by atoms with Crippen LogP contribution in [0, 0.1) is 0 Å². The number of piperazine rings is 1. The fourth-order valence-electron chi connectivity index (χ4n) is 2.71. The first-order valence-corrected chi connectivity index (χ1v) is 7.78. The van der Waals surface area contributed by atoms with Crippen molar-refractivity contribution in [2.75, 3.05) is 30.3 Å². The van der Waals surface area contributed by atoms with Crippen LogP contribution in [0.25, 0.3) is 0 Å². The summed E-state index contributed by atoms with van der Waals surface area (Å²) in [6.45, 7) is 6.43. The van der Waals surface area contributed by atoms with E-state index in [4.69, 9.17) is 5.73 Å². The second kappa shape index (κ2) is 5.81. The summed E-state index contributed by atoms with van der Waals surface area (Å²) in [5, 5.41) is 1.84. The Bertz CT molecular complexity index is 554. The van der Waals surface area contributed by atoms with Crippen LogP contribution in [0.15, 0.2) is 36.5 Å². The Kier molecular flexibility index (Phi) is 3.89. The molecule has 0 bridgehead atoms. The lowest BCUT2D eigenvalue weighted by Crippen LogP contribution is -2.51. The molecule has 3 rings (SSSR count). The monoisotopic (exact) mass is 288 g/mol. The van der Waals surface area contributed by atoms with Gasteiger partial charge in [0.1, 0.15) is 5.00 Å². The van der Waals surface area contributed by atoms with Gasteiger partial charge in [0.2, 0.25) is 0 Å². The fraction of sp³-hybridized carbons (Fsp3) is 0.400. The molecule has 1 atom stereocenters. The van der Waals surface area contributed by atoms with Crippen LogP contribution in [0.4, 0.5) is 10.1 Å². The van der Waals surface area contributed by atoms with E-state index in [9.17, 15) is 0 Å². The number of hydrogen-bond donors (Lipinski definition) is 1. The number of nitrogen functional groups attached to an aromatic ring is 1. The molecule has 0 aliphatic carbocycles. The fourth-order valence-corrected chi connectivity index (χ4v) is 3.52. The number of nitrogens with zero attached hydrogens (tertiary/aromatic N) is 3. The zero-order valence-electron chi connectivity index (χ0n) is 11.7. The van der Waals surface area contributed by atoms with Crippen molar-refractivity contribution in [1.82, 2.24) is 9.88 Å². The number of nitrogens with two attached hydrogens (primary N) is 1. The normalized spacial score (nSPS) is 20.2. The molecule has 4 nitrogen and oxygen atoms in total. The molecule has 106 valence electrons. The van der Waals surface area contributed by atoms with Crippen LogP contribution in [-0.4, -0.2) is 35.6 Å². The molecule has 2 aromatic rings. The highest BCUT2D eigenvalue weighted by Crippen LogP contribution is 2.27. The van der Waals surface area contributed by atoms with Crippen molar-refractivity contribution in [1.29, 1.82) is 0 Å². The summed E-state index contributed by atoms with van der Waals surface area (Å²) in [5.41, 5.74) is 7.16. The van der Waals surface area contributed by atoms with E-state index in [0.717, 1.165) is 36.3 Å². The summed E-state index contributed by atoms with van der Waals surface area (Å²) < 4.78 is 0. The highest BCUT2D eigenvalue weighted by Gasteiger charge is 2.25. The summed E-state index contributed by atoms with van der Waals surface area (Å²) in [6.07, 6.45) is 1.75. The molecule has 1 aliphatic heterocycles. The van der Waals surface area contributed by atoms with E-state index in [1.807, 2.05) is 0 Å². The number of aromatic nitrogens is 1. The van der Waals surface area contributed by atoms with E-state index in [1.165, 1.54) is 5.56 Å². The summed E-state index contributed by atoms with van der Waals surface area (Å²) >= 11 is 1.58. The molecule has 2 N–H and O–H groups in total. The van der Waals surface area contributed by atoms with Gasteiger partial charge in [0, 0.05) is 32.2 Å². The average molecular weight is 288 g/mol. The zero-order valence-corrected chi connectivity index (χ0v) is 12.5. The van der Waals surface area contributed by atoms with Gasteiger partial charge in [-0.3, -0.25) is 4.90 Å². The van der Waals surface area contributed by atoms with Gasteiger partial charge in [-0.05, 0) is 12.5 Å². The van der Waals surface area contributed by atoms with Crippen molar-refractivity contribution < 1.29 is 0 Å². The van der Waals surface area contributed by atoms with Gasteiger partial charge in [-0.25, -0.2) is 4.98 Å². The Morgan fingerprint density at radius 1 is 1.30 bits per heavy atom. The second-order valence-corrected chi connectivity index (χ2v) is 6.35. The lowest BCUT2D eigenvalue weighted by molar-refractivity contribution is 0.221. The minimum Gasteiger partial charge on any atom is -0.389 e. The molecule has 1 saturated heterocycles. The summed E-state index contributed by atoms with van der Waals surface area (Å²) in [4.78, 5) is 9.27. The topological polar surface area (TPSA) is 45.4 Å². The highest BCUT2D eigenvalue weighted by atomic mass is 32.1. The zero-order chi connectivity index (χ0) is 13.9. The van der Waals surface area contributed by atoms with E-state index < -0.39 is 0 Å². The molecule has 1 fully saturated rings. The number of anilines is 2. The van der Waals surface area contributed by atoms with Gasteiger partial charge in [-0.15, -0.1) is 0 Å². The van der Waals surface area contributed by atoms with E-state index >= 15 is 0 Å². The van der Waals surface area contributed by atoms with Crippen LogP contribution in [0.1, 0.15) is 12.5 Å². The lowest BCUT2D eigenvalue weighted by atomic mass is 10.1. The largest absolute Gasteiger partial charge is 0.389 e. The number of benzene rings is 1. The Labute approximate surface area is 123 Å². The van der Waals surface area contributed by atoms with Crippen molar-refractivity contribution in [3.05, 3.63) is 42.1 Å². The highest BCUT2D eigenvalue weighted by molar-refractivity contribution is 7.19. The van der Waals surface area contributed by atoms with Crippen LogP contribution >= 0.6 is 11.3 Å². The van der Waals surface area contributed by atoms with Gasteiger partial charge in [0.05, 0.1) is 6.20 Å². The van der Waals surface area contributed by atoms with Gasteiger partial charge < -0.3 is 10.6 Å². The number of thiazole rings is 1. The third kappa shape index (κ3) is 2.94.